The van der Waals surface area contributed by atoms with Crippen LogP contribution in [0.5, 0.6) is 0 Å². The van der Waals surface area contributed by atoms with Crippen molar-refractivity contribution >= 4 is 38.8 Å². The first-order valence-electron chi connectivity index (χ1n) is 13.6. The number of aromatic nitrogens is 3. The van der Waals surface area contributed by atoms with E-state index in [9.17, 15) is 9.59 Å². The number of carbonyl (C=O) groups is 2. The van der Waals surface area contributed by atoms with E-state index in [1.165, 1.54) is 0 Å². The van der Waals surface area contributed by atoms with Gasteiger partial charge in [0.2, 0.25) is 0 Å². The summed E-state index contributed by atoms with van der Waals surface area (Å²) < 4.78 is 8.11. The molecule has 1 saturated carbocycles. The number of esters is 1. The van der Waals surface area contributed by atoms with Crippen LogP contribution in [0.15, 0.2) is 52.8 Å². The minimum atomic E-state index is -0.581. The van der Waals surface area contributed by atoms with Crippen LogP contribution >= 0.6 is 15.9 Å². The van der Waals surface area contributed by atoms with Gasteiger partial charge in [-0.25, -0.2) is 14.8 Å². The Morgan fingerprint density at radius 2 is 1.87 bits per heavy atom. The highest BCUT2D eigenvalue weighted by Gasteiger charge is 2.53. The molecule has 1 atom stereocenters. The number of nitrogens with one attached hydrogen (secondary N) is 1. The Bertz CT molecular complexity index is 1370. The molecule has 0 amide bonds. The van der Waals surface area contributed by atoms with Crippen LogP contribution < -0.4 is 5.32 Å². The number of imidazole rings is 1. The van der Waals surface area contributed by atoms with Crippen molar-refractivity contribution in [1.82, 2.24) is 19.9 Å². The molecule has 38 heavy (non-hydrogen) atoms. The Hall–Kier alpha value is -3.00. The van der Waals surface area contributed by atoms with Crippen molar-refractivity contribution in [2.45, 2.75) is 71.8 Å². The van der Waals surface area contributed by atoms with Crippen LogP contribution in [0.4, 0.5) is 0 Å². The lowest BCUT2D eigenvalue weighted by atomic mass is 9.62. The second-order valence-electron chi connectivity index (χ2n) is 10.8. The van der Waals surface area contributed by atoms with Gasteiger partial charge in [0.1, 0.15) is 17.4 Å². The van der Waals surface area contributed by atoms with E-state index in [1.807, 2.05) is 31.2 Å². The molecule has 0 radical (unpaired) electrons. The summed E-state index contributed by atoms with van der Waals surface area (Å²) in [6, 6.07) is 11.5. The number of halogens is 1. The quantitative estimate of drug-likeness (QED) is 0.322. The number of allylic oxidation sites excluding steroid dienone is 2. The van der Waals surface area contributed by atoms with Gasteiger partial charge < -0.3 is 10.1 Å². The summed E-state index contributed by atoms with van der Waals surface area (Å²) in [5.74, 6) is 1.29. The molecule has 0 unspecified atom stereocenters. The third-order valence-electron chi connectivity index (χ3n) is 7.64. The smallest absolute Gasteiger partial charge is 0.328 e. The fraction of sp³-hybridized carbons (Fsp3) is 0.467. The van der Waals surface area contributed by atoms with E-state index in [1.54, 1.807) is 6.20 Å². The zero-order valence-corrected chi connectivity index (χ0v) is 23.9. The van der Waals surface area contributed by atoms with E-state index in [0.29, 0.717) is 23.4 Å². The molecule has 8 heteroatoms. The zero-order chi connectivity index (χ0) is 26.9. The van der Waals surface area contributed by atoms with Gasteiger partial charge in [-0.3, -0.25) is 9.36 Å². The summed E-state index contributed by atoms with van der Waals surface area (Å²) in [7, 11) is 0. The van der Waals surface area contributed by atoms with Crippen LogP contribution in [0.25, 0.3) is 16.9 Å². The van der Waals surface area contributed by atoms with Crippen molar-refractivity contribution in [3.63, 3.8) is 0 Å². The van der Waals surface area contributed by atoms with Crippen LogP contribution in [-0.4, -0.2) is 38.9 Å². The molecular weight excluding hydrogens is 544 g/mol. The van der Waals surface area contributed by atoms with Gasteiger partial charge in [0.15, 0.2) is 11.4 Å². The summed E-state index contributed by atoms with van der Waals surface area (Å²) in [5, 5.41) is 3.44. The van der Waals surface area contributed by atoms with Crippen molar-refractivity contribution in [3.05, 3.63) is 64.2 Å². The number of hydrogen-bond donors (Lipinski definition) is 1. The summed E-state index contributed by atoms with van der Waals surface area (Å²) >= 11 is 3.48. The molecule has 0 saturated heterocycles. The third kappa shape index (κ3) is 4.91. The lowest BCUT2D eigenvalue weighted by Crippen LogP contribution is -2.53. The average molecular weight is 580 g/mol. The zero-order valence-electron chi connectivity index (χ0n) is 22.3. The Morgan fingerprint density at radius 3 is 2.55 bits per heavy atom. The van der Waals surface area contributed by atoms with E-state index < -0.39 is 11.5 Å². The number of rotatable bonds is 9. The van der Waals surface area contributed by atoms with Gasteiger partial charge >= 0.3 is 5.97 Å². The molecule has 5 rings (SSSR count). The fourth-order valence-electron chi connectivity index (χ4n) is 5.78. The molecule has 7 nitrogen and oxygen atoms in total. The van der Waals surface area contributed by atoms with Gasteiger partial charge in [-0.05, 0) is 71.4 Å². The van der Waals surface area contributed by atoms with E-state index in [2.05, 4.69) is 56.8 Å². The lowest BCUT2D eigenvalue weighted by molar-refractivity contribution is -0.146. The lowest BCUT2D eigenvalue weighted by Gasteiger charge is -2.46. The second-order valence-corrected chi connectivity index (χ2v) is 11.6. The maximum atomic E-state index is 13.0. The SMILES string of the molecule is CCOC(=O)[C@H](Cc1ccc(-n2c(CC(C)C)nc3cccnc32)cc1)NC1=C(Br)C(=O)C12CCCCC2. The van der Waals surface area contributed by atoms with Crippen molar-refractivity contribution < 1.29 is 14.3 Å². The maximum Gasteiger partial charge on any atom is 0.328 e. The number of hydrogen-bond acceptors (Lipinski definition) is 6. The average Bonchev–Trinajstić information content (AvgIpc) is 3.28. The molecule has 0 aliphatic heterocycles. The number of nitrogens with zero attached hydrogens (tertiary/aromatic N) is 3. The van der Waals surface area contributed by atoms with Gasteiger partial charge in [-0.15, -0.1) is 0 Å². The van der Waals surface area contributed by atoms with Gasteiger partial charge in [-0.2, -0.15) is 0 Å². The summed E-state index contributed by atoms with van der Waals surface area (Å²) in [6.07, 6.45) is 7.96. The number of ether oxygens (including phenoxy) is 1. The van der Waals surface area contributed by atoms with Crippen LogP contribution in [-0.2, 0) is 27.2 Å². The highest BCUT2D eigenvalue weighted by atomic mass is 79.9. The molecule has 2 aliphatic carbocycles. The van der Waals surface area contributed by atoms with Crippen LogP contribution in [0.3, 0.4) is 0 Å². The summed E-state index contributed by atoms with van der Waals surface area (Å²) in [4.78, 5) is 35.3. The summed E-state index contributed by atoms with van der Waals surface area (Å²) in [5.41, 5.74) is 4.10. The minimum absolute atomic E-state index is 0.157. The van der Waals surface area contributed by atoms with Crippen LogP contribution in [0.2, 0.25) is 0 Å². The standard InChI is InChI=1S/C30H35BrN4O3/c1-4-38-29(37)23(34-26-25(31)27(36)30(26)14-6-5-7-15-30)18-20-10-12-21(13-11-20)35-24(17-19(2)3)33-22-9-8-16-32-28(22)35/h8-13,16,19,23,34H,4-7,14-15,17-18H2,1-3H3/t23-/m0/s1. The number of fused-ring (bicyclic) bond motifs is 1. The first-order chi connectivity index (χ1) is 18.3. The van der Waals surface area contributed by atoms with E-state index in [0.717, 1.165) is 72.5 Å². The minimum Gasteiger partial charge on any atom is -0.464 e. The number of carbonyl (C=O) groups excluding carboxylic acids is 2. The number of pyridine rings is 1. The summed E-state index contributed by atoms with van der Waals surface area (Å²) in [6.45, 7) is 6.49. The highest BCUT2D eigenvalue weighted by Crippen LogP contribution is 2.53. The Morgan fingerprint density at radius 1 is 1.13 bits per heavy atom. The first kappa shape index (κ1) is 26.6. The highest BCUT2D eigenvalue weighted by molar-refractivity contribution is 9.12. The van der Waals surface area contributed by atoms with Crippen LogP contribution in [0.1, 0.15) is 64.3 Å². The van der Waals surface area contributed by atoms with Crippen molar-refractivity contribution in [2.24, 2.45) is 11.3 Å². The molecule has 1 fully saturated rings. The molecule has 1 spiro atoms. The van der Waals surface area contributed by atoms with Crippen molar-refractivity contribution in [3.8, 4) is 5.69 Å². The van der Waals surface area contributed by atoms with Gasteiger partial charge in [0.25, 0.3) is 0 Å². The normalized spacial score (nSPS) is 17.7. The first-order valence-corrected chi connectivity index (χ1v) is 14.4. The monoisotopic (exact) mass is 578 g/mol. The van der Waals surface area contributed by atoms with Gasteiger partial charge in [-0.1, -0.05) is 45.2 Å². The Balaban J connectivity index is 1.41. The number of ketones is 1. The Labute approximate surface area is 232 Å². The molecule has 1 aromatic carbocycles. The molecule has 3 aromatic rings. The third-order valence-corrected chi connectivity index (χ3v) is 8.40. The van der Waals surface area contributed by atoms with Gasteiger partial charge in [0.05, 0.1) is 16.5 Å². The second kappa shape index (κ2) is 11.0. The molecule has 2 heterocycles. The van der Waals surface area contributed by atoms with E-state index in [-0.39, 0.29) is 11.8 Å². The topological polar surface area (TPSA) is 86.1 Å². The number of benzene rings is 1. The molecular formula is C30H35BrN4O3. The predicted octanol–water partition coefficient (Wildman–Crippen LogP) is 5.82. The van der Waals surface area contributed by atoms with E-state index >= 15 is 0 Å². The van der Waals surface area contributed by atoms with Crippen molar-refractivity contribution in [1.29, 1.82) is 0 Å². The maximum absolute atomic E-state index is 13.0. The van der Waals surface area contributed by atoms with Crippen LogP contribution in [0, 0.1) is 11.3 Å². The number of Topliss-reactive ketones (excluding diaryl/α,β-unsaturated/α-hetero) is 1. The molecule has 1 N–H and O–H groups in total. The molecule has 2 aromatic heterocycles. The molecule has 2 aliphatic rings. The molecule has 200 valence electrons. The van der Waals surface area contributed by atoms with Gasteiger partial charge in [0, 0.05) is 30.4 Å². The largest absolute Gasteiger partial charge is 0.464 e. The van der Waals surface area contributed by atoms with E-state index in [4.69, 9.17) is 9.72 Å². The predicted molar refractivity (Wildman–Crippen MR) is 151 cm³/mol. The fourth-order valence-corrected chi connectivity index (χ4v) is 6.65. The molecule has 0 bridgehead atoms. The van der Waals surface area contributed by atoms with Crippen molar-refractivity contribution in [2.75, 3.05) is 6.61 Å². The Kier molecular flexibility index (Phi) is 7.70.